The van der Waals surface area contributed by atoms with E-state index in [-0.39, 0.29) is 0 Å². The fourth-order valence-electron chi connectivity index (χ4n) is 8.68. The fourth-order valence-corrected chi connectivity index (χ4v) is 8.68. The van der Waals surface area contributed by atoms with Crippen LogP contribution < -0.4 is 0 Å². The highest BCUT2D eigenvalue weighted by atomic mass is 16.3. The summed E-state index contributed by atoms with van der Waals surface area (Å²) < 4.78 is 6.79. The number of furan rings is 1. The van der Waals surface area contributed by atoms with Crippen LogP contribution in [-0.4, -0.2) is 0 Å². The molecule has 1 nitrogen and oxygen atoms in total. The van der Waals surface area contributed by atoms with Gasteiger partial charge in [-0.25, -0.2) is 0 Å². The molecule has 242 valence electrons. The minimum absolute atomic E-state index is 0.907. The second-order valence-corrected chi connectivity index (χ2v) is 13.7. The van der Waals surface area contributed by atoms with E-state index in [1.54, 1.807) is 0 Å². The third kappa shape index (κ3) is 4.62. The summed E-state index contributed by atoms with van der Waals surface area (Å²) in [4.78, 5) is 0. The normalized spacial score (nSPS) is 11.9. The van der Waals surface area contributed by atoms with Crippen molar-refractivity contribution >= 4 is 65.0 Å². The van der Waals surface area contributed by atoms with Crippen molar-refractivity contribution in [2.45, 2.75) is 26.2 Å². The van der Waals surface area contributed by atoms with Gasteiger partial charge in [0.2, 0.25) is 0 Å². The molecule has 51 heavy (non-hydrogen) atoms. The molecule has 0 saturated heterocycles. The number of unbranched alkanes of at least 4 members (excludes halogenated alkanes) is 1. The summed E-state index contributed by atoms with van der Waals surface area (Å²) in [5.41, 5.74) is 10.7. The Kier molecular flexibility index (Phi) is 6.99. The molecule has 0 spiro atoms. The van der Waals surface area contributed by atoms with Gasteiger partial charge in [0.05, 0.1) is 0 Å². The first-order valence-corrected chi connectivity index (χ1v) is 18.2. The molecule has 9 aromatic carbocycles. The molecule has 0 saturated carbocycles. The van der Waals surface area contributed by atoms with Gasteiger partial charge in [0.15, 0.2) is 0 Å². The van der Waals surface area contributed by atoms with Gasteiger partial charge in [-0.15, -0.1) is 0 Å². The van der Waals surface area contributed by atoms with Gasteiger partial charge >= 0.3 is 0 Å². The van der Waals surface area contributed by atoms with Crippen LogP contribution in [0.5, 0.6) is 0 Å². The van der Waals surface area contributed by atoms with E-state index in [9.17, 15) is 0 Å². The van der Waals surface area contributed by atoms with Crippen LogP contribution >= 0.6 is 0 Å². The number of rotatable bonds is 6. The lowest BCUT2D eigenvalue weighted by Gasteiger charge is -2.18. The van der Waals surface area contributed by atoms with E-state index < -0.39 is 0 Å². The monoisotopic (exact) mass is 652 g/mol. The minimum Gasteiger partial charge on any atom is -0.456 e. The van der Waals surface area contributed by atoms with E-state index in [0.29, 0.717) is 0 Å². The maximum atomic E-state index is 6.79. The topological polar surface area (TPSA) is 13.1 Å². The molecule has 0 radical (unpaired) electrons. The molecule has 1 heterocycles. The lowest BCUT2D eigenvalue weighted by Crippen LogP contribution is -1.94. The lowest BCUT2D eigenvalue weighted by atomic mass is 9.84. The highest BCUT2D eigenvalue weighted by Gasteiger charge is 2.21. The van der Waals surface area contributed by atoms with Crippen LogP contribution in [0.4, 0.5) is 0 Å². The van der Waals surface area contributed by atoms with Crippen molar-refractivity contribution in [2.24, 2.45) is 0 Å². The molecule has 0 amide bonds. The Morgan fingerprint density at radius 1 is 0.392 bits per heavy atom. The Morgan fingerprint density at radius 2 is 0.902 bits per heavy atom. The Balaban J connectivity index is 1.24. The van der Waals surface area contributed by atoms with Crippen molar-refractivity contribution in [3.05, 3.63) is 169 Å². The third-order valence-electron chi connectivity index (χ3n) is 10.9. The average molecular weight is 653 g/mol. The van der Waals surface area contributed by atoms with Crippen LogP contribution in [0.2, 0.25) is 0 Å². The first-order valence-electron chi connectivity index (χ1n) is 18.2. The summed E-state index contributed by atoms with van der Waals surface area (Å²) in [5.74, 6) is 0. The summed E-state index contributed by atoms with van der Waals surface area (Å²) in [7, 11) is 0. The number of benzene rings is 9. The van der Waals surface area contributed by atoms with Crippen LogP contribution in [0.25, 0.3) is 98.4 Å². The zero-order chi connectivity index (χ0) is 33.9. The molecule has 0 aliphatic carbocycles. The van der Waals surface area contributed by atoms with Crippen molar-refractivity contribution in [1.82, 2.24) is 0 Å². The largest absolute Gasteiger partial charge is 0.456 e. The molecular weight excluding hydrogens is 617 g/mol. The Morgan fingerprint density at radius 3 is 1.49 bits per heavy atom. The zero-order valence-electron chi connectivity index (χ0n) is 28.6. The molecule has 0 atom stereocenters. The zero-order valence-corrected chi connectivity index (χ0v) is 28.6. The van der Waals surface area contributed by atoms with Gasteiger partial charge in [0.1, 0.15) is 11.2 Å². The number of aryl methyl sites for hydroxylation is 1. The number of hydrogen-bond donors (Lipinski definition) is 0. The smallest absolute Gasteiger partial charge is 0.136 e. The molecular formula is C50H36O. The lowest BCUT2D eigenvalue weighted by molar-refractivity contribution is 0.669. The average Bonchev–Trinajstić information content (AvgIpc) is 3.57. The number of hydrogen-bond acceptors (Lipinski definition) is 1. The Hall–Kier alpha value is -6.18. The van der Waals surface area contributed by atoms with Crippen LogP contribution in [-0.2, 0) is 6.42 Å². The van der Waals surface area contributed by atoms with Gasteiger partial charge in [0, 0.05) is 10.8 Å². The summed E-state index contributed by atoms with van der Waals surface area (Å²) in [5, 5.41) is 12.6. The standard InChI is InChI=1S/C50H36O/c1-2-3-18-34-35-19-7-9-21-37(35)48(38-22-10-8-20-36(34)38)33-29-30-43-46(31-33)51-45-28-15-27-44(50(43)45)49-41-25-13-11-23-39(41)47(32-16-5-4-6-17-32)40-24-12-14-26-42(40)49/h4-17,19-31H,2-3,18H2,1H3. The van der Waals surface area contributed by atoms with Crippen LogP contribution in [0.3, 0.4) is 0 Å². The summed E-state index contributed by atoms with van der Waals surface area (Å²) >= 11 is 0. The molecule has 0 unspecified atom stereocenters. The van der Waals surface area contributed by atoms with E-state index in [1.165, 1.54) is 94.9 Å². The minimum atomic E-state index is 0.907. The predicted octanol–water partition coefficient (Wildman–Crippen LogP) is 14.5. The van der Waals surface area contributed by atoms with Crippen molar-refractivity contribution in [3.8, 4) is 33.4 Å². The second kappa shape index (κ2) is 12.0. The van der Waals surface area contributed by atoms with Gasteiger partial charge in [-0.1, -0.05) is 159 Å². The third-order valence-corrected chi connectivity index (χ3v) is 10.9. The number of fused-ring (bicyclic) bond motifs is 7. The summed E-state index contributed by atoms with van der Waals surface area (Å²) in [6.07, 6.45) is 3.44. The quantitative estimate of drug-likeness (QED) is 0.163. The van der Waals surface area contributed by atoms with Crippen LogP contribution in [0.1, 0.15) is 25.3 Å². The fraction of sp³-hybridized carbons (Fsp3) is 0.0800. The van der Waals surface area contributed by atoms with E-state index in [0.717, 1.165) is 28.4 Å². The van der Waals surface area contributed by atoms with Gasteiger partial charge in [-0.2, -0.15) is 0 Å². The summed E-state index contributed by atoms with van der Waals surface area (Å²) in [6, 6.07) is 59.9. The Bertz CT molecular complexity index is 2830. The maximum Gasteiger partial charge on any atom is 0.136 e. The van der Waals surface area contributed by atoms with Gasteiger partial charge in [-0.05, 0) is 113 Å². The first-order chi connectivity index (χ1) is 25.3. The Labute approximate surface area is 297 Å². The summed E-state index contributed by atoms with van der Waals surface area (Å²) in [6.45, 7) is 2.28. The molecule has 0 fully saturated rings. The van der Waals surface area contributed by atoms with Gasteiger partial charge in [-0.3, -0.25) is 0 Å². The van der Waals surface area contributed by atoms with Crippen molar-refractivity contribution in [1.29, 1.82) is 0 Å². The van der Waals surface area contributed by atoms with E-state index in [1.807, 2.05) is 0 Å². The molecule has 0 aliphatic heterocycles. The van der Waals surface area contributed by atoms with Crippen LogP contribution in [0, 0.1) is 0 Å². The van der Waals surface area contributed by atoms with E-state index in [2.05, 4.69) is 171 Å². The molecule has 10 rings (SSSR count). The SMILES string of the molecule is CCCCc1c2ccccc2c(-c2ccc3c(c2)oc2cccc(-c4c5ccccc5c(-c5ccccc5)c5ccccc45)c23)c2ccccc12. The first kappa shape index (κ1) is 29.7. The van der Waals surface area contributed by atoms with Crippen molar-refractivity contribution in [3.63, 3.8) is 0 Å². The van der Waals surface area contributed by atoms with E-state index in [4.69, 9.17) is 4.42 Å². The van der Waals surface area contributed by atoms with E-state index >= 15 is 0 Å². The molecule has 0 N–H and O–H groups in total. The molecule has 10 aromatic rings. The molecule has 0 bridgehead atoms. The maximum absolute atomic E-state index is 6.79. The molecule has 1 heteroatoms. The van der Waals surface area contributed by atoms with Gasteiger partial charge < -0.3 is 4.42 Å². The van der Waals surface area contributed by atoms with Gasteiger partial charge in [0.25, 0.3) is 0 Å². The van der Waals surface area contributed by atoms with Crippen molar-refractivity contribution in [2.75, 3.05) is 0 Å². The molecule has 0 aliphatic rings. The highest BCUT2D eigenvalue weighted by molar-refractivity contribution is 6.26. The highest BCUT2D eigenvalue weighted by Crippen LogP contribution is 2.48. The van der Waals surface area contributed by atoms with Crippen LogP contribution in [0.15, 0.2) is 168 Å². The predicted molar refractivity (Wildman–Crippen MR) is 219 cm³/mol. The van der Waals surface area contributed by atoms with Crippen molar-refractivity contribution < 1.29 is 4.42 Å². The second-order valence-electron chi connectivity index (χ2n) is 13.7. The molecule has 1 aromatic heterocycles.